The average Bonchev–Trinajstić information content (AvgIpc) is 2.55. The van der Waals surface area contributed by atoms with E-state index < -0.39 is 10.1 Å². The molecule has 3 nitrogen and oxygen atoms in total. The second-order valence-corrected chi connectivity index (χ2v) is 6.40. The Morgan fingerprint density at radius 1 is 1.07 bits per heavy atom. The number of hydrogen-bond donors (Lipinski definition) is 0. The minimum Gasteiger partial charge on any atom is -0.267 e. The van der Waals surface area contributed by atoms with Gasteiger partial charge in [0.05, 0.1) is 12.4 Å². The third-order valence-corrected chi connectivity index (χ3v) is 4.39. The van der Waals surface area contributed by atoms with Gasteiger partial charge in [0.15, 0.2) is 0 Å². The molecule has 2 rings (SSSR count). The first-order valence-corrected chi connectivity index (χ1v) is 7.17. The summed E-state index contributed by atoms with van der Waals surface area (Å²) in [6.07, 6.45) is 5.57. The van der Waals surface area contributed by atoms with Crippen molar-refractivity contribution in [2.75, 3.05) is 6.26 Å². The predicted molar refractivity (Wildman–Crippen MR) is 54.3 cm³/mol. The molecule has 0 aromatic heterocycles. The van der Waals surface area contributed by atoms with Crippen molar-refractivity contribution in [1.29, 1.82) is 0 Å². The van der Waals surface area contributed by atoms with Gasteiger partial charge in [0.25, 0.3) is 10.1 Å². The van der Waals surface area contributed by atoms with Crippen molar-refractivity contribution in [1.82, 2.24) is 0 Å². The largest absolute Gasteiger partial charge is 0.267 e. The molecule has 2 fully saturated rings. The van der Waals surface area contributed by atoms with Gasteiger partial charge >= 0.3 is 0 Å². The Hall–Kier alpha value is -0.0900. The molecule has 4 atom stereocenters. The van der Waals surface area contributed by atoms with E-state index in [1.807, 2.05) is 0 Å². The minimum absolute atomic E-state index is 0.0278. The van der Waals surface area contributed by atoms with Crippen LogP contribution >= 0.6 is 0 Å². The number of hydrogen-bond acceptors (Lipinski definition) is 3. The van der Waals surface area contributed by atoms with Gasteiger partial charge in [0.1, 0.15) is 0 Å². The fourth-order valence-corrected chi connectivity index (χ4v) is 3.87. The lowest BCUT2D eigenvalue weighted by Crippen LogP contribution is -2.22. The van der Waals surface area contributed by atoms with Crippen LogP contribution in [0.25, 0.3) is 0 Å². The molecule has 0 aromatic carbocycles. The highest BCUT2D eigenvalue weighted by molar-refractivity contribution is 7.86. The summed E-state index contributed by atoms with van der Waals surface area (Å²) in [5.41, 5.74) is 0. The zero-order valence-electron chi connectivity index (χ0n) is 8.77. The summed E-state index contributed by atoms with van der Waals surface area (Å²) in [7, 11) is -3.26. The molecule has 2 aliphatic rings. The summed E-state index contributed by atoms with van der Waals surface area (Å²) < 4.78 is 27.2. The van der Waals surface area contributed by atoms with Crippen LogP contribution in [0.4, 0.5) is 0 Å². The molecular formula is C10H18O3S. The van der Waals surface area contributed by atoms with Gasteiger partial charge in [0, 0.05) is 0 Å². The van der Waals surface area contributed by atoms with E-state index in [9.17, 15) is 8.42 Å². The van der Waals surface area contributed by atoms with Crippen LogP contribution in [0.1, 0.15) is 32.6 Å². The van der Waals surface area contributed by atoms with Crippen molar-refractivity contribution in [2.45, 2.75) is 38.7 Å². The Labute approximate surface area is 86.0 Å². The Kier molecular flexibility index (Phi) is 2.60. The van der Waals surface area contributed by atoms with Crippen LogP contribution in [0, 0.1) is 17.8 Å². The van der Waals surface area contributed by atoms with Gasteiger partial charge in [-0.3, -0.25) is 4.18 Å². The molecule has 0 aliphatic heterocycles. The second-order valence-electron chi connectivity index (χ2n) is 4.80. The lowest BCUT2D eigenvalue weighted by molar-refractivity contribution is 0.158. The highest BCUT2D eigenvalue weighted by Gasteiger charge is 2.44. The van der Waals surface area contributed by atoms with Crippen LogP contribution < -0.4 is 0 Å². The number of rotatable bonds is 2. The first-order valence-electron chi connectivity index (χ1n) is 5.35. The van der Waals surface area contributed by atoms with Crippen molar-refractivity contribution in [3.63, 3.8) is 0 Å². The maximum absolute atomic E-state index is 11.0. The van der Waals surface area contributed by atoms with Crippen molar-refractivity contribution in [3.8, 4) is 0 Å². The van der Waals surface area contributed by atoms with Crippen LogP contribution in [-0.4, -0.2) is 20.8 Å². The Morgan fingerprint density at radius 2 is 1.71 bits per heavy atom. The van der Waals surface area contributed by atoms with E-state index in [2.05, 4.69) is 6.92 Å². The molecule has 0 bridgehead atoms. The van der Waals surface area contributed by atoms with Crippen molar-refractivity contribution in [2.24, 2.45) is 17.8 Å². The molecule has 2 saturated carbocycles. The third-order valence-electron chi connectivity index (χ3n) is 3.80. The Balaban J connectivity index is 2.04. The van der Waals surface area contributed by atoms with Crippen LogP contribution in [0.3, 0.4) is 0 Å². The minimum atomic E-state index is -3.26. The van der Waals surface area contributed by atoms with Gasteiger partial charge < -0.3 is 0 Å². The summed E-state index contributed by atoms with van der Waals surface area (Å²) >= 11 is 0. The summed E-state index contributed by atoms with van der Waals surface area (Å²) in [5.74, 6) is 1.97. The zero-order valence-corrected chi connectivity index (χ0v) is 9.59. The molecular weight excluding hydrogens is 200 g/mol. The van der Waals surface area contributed by atoms with Crippen molar-refractivity contribution in [3.05, 3.63) is 0 Å². The molecule has 0 spiro atoms. The Morgan fingerprint density at radius 3 is 2.36 bits per heavy atom. The molecule has 0 N–H and O–H groups in total. The molecule has 4 heteroatoms. The second kappa shape index (κ2) is 3.49. The van der Waals surface area contributed by atoms with Crippen molar-refractivity contribution >= 4 is 10.1 Å². The van der Waals surface area contributed by atoms with E-state index in [1.165, 1.54) is 6.42 Å². The molecule has 82 valence electrons. The SMILES string of the molecule is C[C@@H]1CC[C@H]2[C@@H]1CC[C@H]2OS(C)(=O)=O. The lowest BCUT2D eigenvalue weighted by Gasteiger charge is -2.18. The maximum atomic E-state index is 11.0. The molecule has 0 saturated heterocycles. The van der Waals surface area contributed by atoms with Gasteiger partial charge in [-0.2, -0.15) is 8.42 Å². The van der Waals surface area contributed by atoms with Gasteiger partial charge in [-0.25, -0.2) is 0 Å². The lowest BCUT2D eigenvalue weighted by atomic mass is 9.93. The van der Waals surface area contributed by atoms with Gasteiger partial charge in [-0.15, -0.1) is 0 Å². The van der Waals surface area contributed by atoms with E-state index in [0.717, 1.165) is 31.4 Å². The van der Waals surface area contributed by atoms with Crippen molar-refractivity contribution < 1.29 is 12.6 Å². The quantitative estimate of drug-likeness (QED) is 0.664. The molecule has 0 radical (unpaired) electrons. The highest BCUT2D eigenvalue weighted by Crippen LogP contribution is 2.48. The third kappa shape index (κ3) is 1.96. The molecule has 0 amide bonds. The summed E-state index contributed by atoms with van der Waals surface area (Å²) in [6.45, 7) is 2.27. The molecule has 2 aliphatic carbocycles. The zero-order chi connectivity index (χ0) is 10.3. The molecule has 14 heavy (non-hydrogen) atoms. The topological polar surface area (TPSA) is 43.4 Å². The summed E-state index contributed by atoms with van der Waals surface area (Å²) in [5, 5.41) is 0. The van der Waals surface area contributed by atoms with E-state index in [0.29, 0.717) is 11.8 Å². The van der Waals surface area contributed by atoms with Crippen LogP contribution in [-0.2, 0) is 14.3 Å². The van der Waals surface area contributed by atoms with Gasteiger partial charge in [-0.05, 0) is 37.0 Å². The van der Waals surface area contributed by atoms with E-state index in [1.54, 1.807) is 0 Å². The predicted octanol–water partition coefficient (Wildman–Crippen LogP) is 1.79. The first kappa shape index (κ1) is 10.4. The average molecular weight is 218 g/mol. The first-order chi connectivity index (χ1) is 6.47. The fraction of sp³-hybridized carbons (Fsp3) is 1.00. The summed E-state index contributed by atoms with van der Waals surface area (Å²) in [6, 6.07) is 0. The van der Waals surface area contributed by atoms with E-state index in [-0.39, 0.29) is 6.10 Å². The van der Waals surface area contributed by atoms with Crippen LogP contribution in [0.15, 0.2) is 0 Å². The smallest absolute Gasteiger partial charge is 0.264 e. The maximum Gasteiger partial charge on any atom is 0.264 e. The molecule has 0 unspecified atom stereocenters. The standard InChI is InChI=1S/C10H18O3S/c1-7-3-4-9-8(7)5-6-10(9)13-14(2,11)12/h7-10H,3-6H2,1-2H3/t7-,8-,9+,10-/m1/s1. The Bertz CT molecular complexity index is 309. The van der Waals surface area contributed by atoms with Gasteiger partial charge in [0.2, 0.25) is 0 Å². The summed E-state index contributed by atoms with van der Waals surface area (Å²) in [4.78, 5) is 0. The number of fused-ring (bicyclic) bond motifs is 1. The molecule has 0 heterocycles. The fourth-order valence-electron chi connectivity index (χ4n) is 3.18. The van der Waals surface area contributed by atoms with E-state index in [4.69, 9.17) is 4.18 Å². The van der Waals surface area contributed by atoms with Crippen LogP contribution in [0.2, 0.25) is 0 Å². The van der Waals surface area contributed by atoms with E-state index >= 15 is 0 Å². The normalized spacial score (nSPS) is 42.7. The van der Waals surface area contributed by atoms with Crippen LogP contribution in [0.5, 0.6) is 0 Å². The highest BCUT2D eigenvalue weighted by atomic mass is 32.2. The molecule has 0 aromatic rings. The monoisotopic (exact) mass is 218 g/mol. The van der Waals surface area contributed by atoms with Gasteiger partial charge in [-0.1, -0.05) is 13.3 Å².